The number of carbonyl (C=O) groups excluding carboxylic acids is 4. The zero-order valence-corrected chi connectivity index (χ0v) is 40.6. The average Bonchev–Trinajstić information content (AvgIpc) is 3.66. The molecule has 4 heterocycles. The van der Waals surface area contributed by atoms with Gasteiger partial charge in [-0.3, -0.25) is 24.2 Å². The molecule has 4 aliphatic rings. The maximum Gasteiger partial charge on any atom is 0.316 e. The van der Waals surface area contributed by atoms with Gasteiger partial charge in [0.2, 0.25) is 11.8 Å². The summed E-state index contributed by atoms with van der Waals surface area (Å²) in [7, 11) is 1.56. The molecule has 5 amide bonds. The van der Waals surface area contributed by atoms with Crippen molar-refractivity contribution in [2.45, 2.75) is 120 Å². The summed E-state index contributed by atoms with van der Waals surface area (Å²) in [5, 5.41) is 13.9. The van der Waals surface area contributed by atoms with Crippen LogP contribution >= 0.6 is 46.4 Å². The number of halogens is 4. The standard InChI is InChI=1S/C26H31Cl2N3O3.C24H28Cl2N4O3/c1-29-26(33)23-13-19(28)8-11-24(23)34-12-2-3-25(32)30-20-14-21-9-10-22(15-20)31(21)16-17-4-6-18(27)7-5-17;25-16-3-1-15(2-4-16)14-30-19-6-7-20(30)13-18(12-19)28-23(31)9-10-33-22-8-5-17(26)11-21(22)29-24(27)32/h4-8,11,13,20-22H,2-3,9-10,12,14-16H2,1H3,(H,29,33)(H,30,32);1-5,8,11,18-20H,6-7,9-10,12-14H2,(H,28,31)(H3,27,29,32)/t20-,21+,22-;18-,19+,20-. The molecule has 17 heteroatoms. The minimum Gasteiger partial charge on any atom is -0.493 e. The van der Waals surface area contributed by atoms with E-state index in [1.807, 2.05) is 24.3 Å². The van der Waals surface area contributed by atoms with Gasteiger partial charge in [0.15, 0.2) is 0 Å². The SMILES string of the molecule is CNC(=O)c1cc(Cl)ccc1OCCCC(=O)N[C@H]1C[C@H]2CC[C@@H](C1)N2Cc1ccc(Cl)cc1.NC(=O)Nc1cc(Cl)ccc1OCCC(=O)N[C@H]1C[C@H]2CC[C@@H](C1)N2Cc1ccc(Cl)cc1. The van der Waals surface area contributed by atoms with E-state index in [0.717, 1.165) is 48.8 Å². The second-order valence-electron chi connectivity index (χ2n) is 17.7. The number of ether oxygens (including phenoxy) is 2. The van der Waals surface area contributed by atoms with Gasteiger partial charge in [-0.05, 0) is 130 Å². The Morgan fingerprint density at radius 3 is 1.54 bits per heavy atom. The summed E-state index contributed by atoms with van der Waals surface area (Å²) in [5.41, 5.74) is 8.50. The van der Waals surface area contributed by atoms with Crippen LogP contribution in [-0.2, 0) is 22.7 Å². The maximum atomic E-state index is 12.6. The van der Waals surface area contributed by atoms with Crippen molar-refractivity contribution in [3.05, 3.63) is 122 Å². The van der Waals surface area contributed by atoms with Crippen molar-refractivity contribution < 1.29 is 28.7 Å². The van der Waals surface area contributed by atoms with E-state index in [4.69, 9.17) is 61.6 Å². The molecule has 0 aromatic heterocycles. The molecule has 67 heavy (non-hydrogen) atoms. The fourth-order valence-electron chi connectivity index (χ4n) is 9.97. The monoisotopic (exact) mass is 993 g/mol. The zero-order chi connectivity index (χ0) is 47.5. The number of rotatable bonds is 17. The fraction of sp³-hybridized carbons (Fsp3) is 0.440. The summed E-state index contributed by atoms with van der Waals surface area (Å²) >= 11 is 24.0. The first-order valence-electron chi connectivity index (χ1n) is 23.0. The first kappa shape index (κ1) is 50.1. The number of benzene rings is 4. The van der Waals surface area contributed by atoms with E-state index in [9.17, 15) is 19.2 Å². The number of carbonyl (C=O) groups is 4. The Balaban J connectivity index is 0.000000199. The number of hydrogen-bond donors (Lipinski definition) is 5. The van der Waals surface area contributed by atoms with Gasteiger partial charge in [0.25, 0.3) is 5.91 Å². The van der Waals surface area contributed by atoms with Crippen molar-refractivity contribution in [3.63, 3.8) is 0 Å². The minimum absolute atomic E-state index is 0.0380. The van der Waals surface area contributed by atoms with Crippen molar-refractivity contribution in [2.24, 2.45) is 5.73 Å². The lowest BCUT2D eigenvalue weighted by Crippen LogP contribution is -2.50. The van der Waals surface area contributed by atoms with Crippen LogP contribution in [0.3, 0.4) is 0 Å². The molecule has 6 atom stereocenters. The van der Waals surface area contributed by atoms with Gasteiger partial charge in [0.05, 0.1) is 30.9 Å². The van der Waals surface area contributed by atoms with Crippen molar-refractivity contribution in [2.75, 3.05) is 25.6 Å². The van der Waals surface area contributed by atoms with Crippen LogP contribution in [0.4, 0.5) is 10.5 Å². The van der Waals surface area contributed by atoms with Gasteiger partial charge in [0.1, 0.15) is 11.5 Å². The molecule has 4 fully saturated rings. The summed E-state index contributed by atoms with van der Waals surface area (Å²) in [6, 6.07) is 27.6. The van der Waals surface area contributed by atoms with Crippen LogP contribution < -0.4 is 36.5 Å². The van der Waals surface area contributed by atoms with Gasteiger partial charge >= 0.3 is 6.03 Å². The number of piperidine rings is 2. The van der Waals surface area contributed by atoms with Crippen LogP contribution in [-0.4, -0.2) is 90.1 Å². The van der Waals surface area contributed by atoms with Gasteiger partial charge < -0.3 is 36.5 Å². The number of primary amides is 1. The number of amides is 5. The number of anilines is 1. The summed E-state index contributed by atoms with van der Waals surface area (Å²) in [5.74, 6) is 0.645. The first-order valence-corrected chi connectivity index (χ1v) is 24.5. The van der Waals surface area contributed by atoms with E-state index in [1.54, 1.807) is 43.4 Å². The van der Waals surface area contributed by atoms with Gasteiger partial charge in [-0.2, -0.15) is 0 Å². The minimum atomic E-state index is -0.711. The topological polar surface area (TPSA) is 167 Å². The predicted molar refractivity (Wildman–Crippen MR) is 264 cm³/mol. The highest BCUT2D eigenvalue weighted by Gasteiger charge is 2.42. The molecule has 4 saturated heterocycles. The number of fused-ring (bicyclic) bond motifs is 4. The summed E-state index contributed by atoms with van der Waals surface area (Å²) < 4.78 is 11.5. The fourth-order valence-corrected chi connectivity index (χ4v) is 10.6. The van der Waals surface area contributed by atoms with Crippen LogP contribution in [0.2, 0.25) is 20.1 Å². The van der Waals surface area contributed by atoms with E-state index in [0.29, 0.717) is 76.4 Å². The van der Waals surface area contributed by atoms with Crippen LogP contribution in [0.1, 0.15) is 92.1 Å². The molecule has 0 unspecified atom stereocenters. The highest BCUT2D eigenvalue weighted by molar-refractivity contribution is 6.31. The molecular formula is C50H59Cl4N7O6. The third-order valence-corrected chi connectivity index (χ3v) is 14.0. The van der Waals surface area contributed by atoms with E-state index < -0.39 is 6.03 Å². The van der Waals surface area contributed by atoms with Crippen LogP contribution in [0.25, 0.3) is 0 Å². The first-order chi connectivity index (χ1) is 32.3. The Morgan fingerprint density at radius 2 is 1.04 bits per heavy atom. The van der Waals surface area contributed by atoms with E-state index >= 15 is 0 Å². The normalized spacial score (nSPS) is 21.9. The largest absolute Gasteiger partial charge is 0.493 e. The number of hydrogen-bond acceptors (Lipinski definition) is 8. The van der Waals surface area contributed by atoms with Crippen molar-refractivity contribution in [1.29, 1.82) is 0 Å². The summed E-state index contributed by atoms with van der Waals surface area (Å²) in [6.07, 6.45) is 9.80. The molecule has 0 saturated carbocycles. The molecule has 4 bridgehead atoms. The second-order valence-corrected chi connectivity index (χ2v) is 19.5. The molecule has 0 spiro atoms. The molecule has 4 aromatic carbocycles. The van der Waals surface area contributed by atoms with Gasteiger partial charge in [-0.1, -0.05) is 70.7 Å². The number of nitrogens with zero attached hydrogens (tertiary/aromatic N) is 2. The van der Waals surface area contributed by atoms with Gasteiger partial charge in [-0.25, -0.2) is 4.79 Å². The average molecular weight is 996 g/mol. The molecular weight excluding hydrogens is 936 g/mol. The number of urea groups is 1. The predicted octanol–water partition coefficient (Wildman–Crippen LogP) is 9.39. The number of nitrogens with two attached hydrogens (primary N) is 1. The Kier molecular flexibility index (Phi) is 18.0. The van der Waals surface area contributed by atoms with Gasteiger partial charge in [0, 0.05) is 82.9 Å². The lowest BCUT2D eigenvalue weighted by atomic mass is 9.96. The van der Waals surface area contributed by atoms with Crippen LogP contribution in [0.15, 0.2) is 84.9 Å². The number of nitrogens with one attached hydrogen (secondary N) is 4. The molecule has 4 aliphatic heterocycles. The highest BCUT2D eigenvalue weighted by atomic mass is 35.5. The van der Waals surface area contributed by atoms with Crippen LogP contribution in [0, 0.1) is 0 Å². The lowest BCUT2D eigenvalue weighted by molar-refractivity contribution is -0.123. The zero-order valence-electron chi connectivity index (χ0n) is 37.6. The Bertz CT molecular complexity index is 2310. The lowest BCUT2D eigenvalue weighted by Gasteiger charge is -2.39. The molecule has 0 radical (unpaired) electrons. The Morgan fingerprint density at radius 1 is 0.597 bits per heavy atom. The molecule has 6 N–H and O–H groups in total. The smallest absolute Gasteiger partial charge is 0.316 e. The van der Waals surface area contributed by atoms with E-state index in [2.05, 4.69) is 55.3 Å². The molecule has 8 rings (SSSR count). The molecule has 4 aromatic rings. The van der Waals surface area contributed by atoms with Crippen LogP contribution in [0.5, 0.6) is 11.5 Å². The third-order valence-electron chi connectivity index (χ3n) is 13.1. The van der Waals surface area contributed by atoms with Crippen molar-refractivity contribution in [3.8, 4) is 11.5 Å². The Labute approximate surface area is 412 Å². The second kappa shape index (κ2) is 24.0. The molecule has 358 valence electrons. The molecule has 0 aliphatic carbocycles. The van der Waals surface area contributed by atoms with E-state index in [-0.39, 0.29) is 42.8 Å². The van der Waals surface area contributed by atoms with E-state index in [1.165, 1.54) is 36.8 Å². The van der Waals surface area contributed by atoms with Crippen molar-refractivity contribution in [1.82, 2.24) is 25.8 Å². The third kappa shape index (κ3) is 14.4. The van der Waals surface area contributed by atoms with Gasteiger partial charge in [-0.15, -0.1) is 0 Å². The van der Waals surface area contributed by atoms with Crippen molar-refractivity contribution >= 4 is 75.8 Å². The highest BCUT2D eigenvalue weighted by Crippen LogP contribution is 2.38. The maximum absolute atomic E-state index is 12.6. The summed E-state index contributed by atoms with van der Waals surface area (Å²) in [6.45, 7) is 2.39. The molecule has 13 nitrogen and oxygen atoms in total. The quantitative estimate of drug-likeness (QED) is 0.0653. The summed E-state index contributed by atoms with van der Waals surface area (Å²) in [4.78, 5) is 53.4. The Hall–Kier alpha value is -4.76.